The Morgan fingerprint density at radius 1 is 0.950 bits per heavy atom. The topological polar surface area (TPSA) is 32.3 Å². The number of nitrogens with one attached hydrogen (secondary N) is 1. The summed E-state index contributed by atoms with van der Waals surface area (Å²) in [7, 11) is 0. The summed E-state index contributed by atoms with van der Waals surface area (Å²) in [6, 6.07) is 18.2. The molecule has 104 valence electrons. The maximum atomic E-state index is 9.45. The highest BCUT2D eigenvalue weighted by Crippen LogP contribution is 2.32. The third-order valence-corrected chi connectivity index (χ3v) is 3.96. The average molecular weight is 267 g/mol. The van der Waals surface area contributed by atoms with Gasteiger partial charge in [0.05, 0.1) is 6.04 Å². The van der Waals surface area contributed by atoms with Gasteiger partial charge < -0.3 is 10.4 Å². The van der Waals surface area contributed by atoms with Gasteiger partial charge in [-0.1, -0.05) is 55.3 Å². The molecule has 0 heterocycles. The Balaban J connectivity index is 1.76. The Kier molecular flexibility index (Phi) is 4.03. The quantitative estimate of drug-likeness (QED) is 0.832. The van der Waals surface area contributed by atoms with Gasteiger partial charge in [0.1, 0.15) is 5.75 Å². The van der Waals surface area contributed by atoms with E-state index in [4.69, 9.17) is 0 Å². The fourth-order valence-electron chi connectivity index (χ4n) is 2.58. The minimum atomic E-state index is 0.204. The van der Waals surface area contributed by atoms with Crippen molar-refractivity contribution in [2.45, 2.75) is 25.3 Å². The van der Waals surface area contributed by atoms with Crippen LogP contribution in [0, 0.1) is 5.92 Å². The number of aromatic hydroxyl groups is 1. The van der Waals surface area contributed by atoms with Crippen molar-refractivity contribution in [3.05, 3.63) is 65.7 Å². The molecule has 1 aliphatic carbocycles. The lowest BCUT2D eigenvalue weighted by atomic mass is 9.98. The average Bonchev–Trinajstić information content (AvgIpc) is 3.30. The van der Waals surface area contributed by atoms with Crippen LogP contribution < -0.4 is 5.32 Å². The highest BCUT2D eigenvalue weighted by atomic mass is 16.3. The molecule has 1 atom stereocenters. The van der Waals surface area contributed by atoms with Crippen molar-refractivity contribution in [3.8, 4) is 5.75 Å². The molecule has 0 aliphatic heterocycles. The molecule has 3 rings (SSSR count). The Bertz CT molecular complexity index is 531. The van der Waals surface area contributed by atoms with Crippen LogP contribution >= 0.6 is 0 Å². The van der Waals surface area contributed by atoms with Crippen molar-refractivity contribution in [2.24, 2.45) is 5.92 Å². The molecule has 1 saturated carbocycles. The fourth-order valence-corrected chi connectivity index (χ4v) is 2.58. The monoisotopic (exact) mass is 267 g/mol. The van der Waals surface area contributed by atoms with Gasteiger partial charge in [0, 0.05) is 0 Å². The second-order valence-electron chi connectivity index (χ2n) is 5.62. The Morgan fingerprint density at radius 2 is 1.60 bits per heavy atom. The first-order chi connectivity index (χ1) is 9.83. The molecule has 2 nitrogen and oxygen atoms in total. The maximum Gasteiger partial charge on any atom is 0.115 e. The molecule has 2 aromatic carbocycles. The summed E-state index contributed by atoms with van der Waals surface area (Å²) < 4.78 is 0. The van der Waals surface area contributed by atoms with Crippen molar-refractivity contribution in [1.82, 2.24) is 5.32 Å². The SMILES string of the molecule is Oc1ccc(C(NCCC2CC2)c2ccccc2)cc1. The van der Waals surface area contributed by atoms with Crippen LogP contribution in [-0.4, -0.2) is 11.7 Å². The van der Waals surface area contributed by atoms with Crippen molar-refractivity contribution in [1.29, 1.82) is 0 Å². The van der Waals surface area contributed by atoms with Crippen LogP contribution in [0.4, 0.5) is 0 Å². The standard InChI is InChI=1S/C18H21NO/c20-17-10-8-16(9-11-17)18(15-4-2-1-3-5-15)19-13-12-14-6-7-14/h1-5,8-11,14,18-20H,6-7,12-13H2. The largest absolute Gasteiger partial charge is 0.508 e. The highest BCUT2D eigenvalue weighted by Gasteiger charge is 2.21. The van der Waals surface area contributed by atoms with E-state index in [0.717, 1.165) is 12.5 Å². The molecular weight excluding hydrogens is 246 g/mol. The van der Waals surface area contributed by atoms with Crippen molar-refractivity contribution < 1.29 is 5.11 Å². The van der Waals surface area contributed by atoms with Crippen molar-refractivity contribution in [2.75, 3.05) is 6.54 Å². The minimum Gasteiger partial charge on any atom is -0.508 e. The summed E-state index contributed by atoms with van der Waals surface area (Å²) in [6.45, 7) is 1.05. The summed E-state index contributed by atoms with van der Waals surface area (Å²) >= 11 is 0. The molecule has 0 aromatic heterocycles. The molecule has 2 aromatic rings. The van der Waals surface area contributed by atoms with E-state index in [1.54, 1.807) is 12.1 Å². The van der Waals surface area contributed by atoms with Crippen LogP contribution in [0.5, 0.6) is 5.75 Å². The predicted octanol–water partition coefficient (Wildman–Crippen LogP) is 3.87. The van der Waals surface area contributed by atoms with Crippen LogP contribution in [-0.2, 0) is 0 Å². The van der Waals surface area contributed by atoms with E-state index in [1.807, 2.05) is 18.2 Å². The molecule has 20 heavy (non-hydrogen) atoms. The van der Waals surface area contributed by atoms with Gasteiger partial charge in [-0.05, 0) is 42.1 Å². The summed E-state index contributed by atoms with van der Waals surface area (Å²) in [5, 5.41) is 13.1. The predicted molar refractivity (Wildman–Crippen MR) is 81.7 cm³/mol. The lowest BCUT2D eigenvalue weighted by molar-refractivity contribution is 0.474. The third kappa shape index (κ3) is 3.40. The van der Waals surface area contributed by atoms with E-state index in [2.05, 4.69) is 29.6 Å². The second-order valence-corrected chi connectivity index (χ2v) is 5.62. The smallest absolute Gasteiger partial charge is 0.115 e. The lowest BCUT2D eigenvalue weighted by Gasteiger charge is -2.20. The zero-order valence-corrected chi connectivity index (χ0v) is 11.6. The van der Waals surface area contributed by atoms with Gasteiger partial charge in [0.25, 0.3) is 0 Å². The van der Waals surface area contributed by atoms with E-state index in [0.29, 0.717) is 5.75 Å². The van der Waals surface area contributed by atoms with E-state index in [9.17, 15) is 5.11 Å². The summed E-state index contributed by atoms with van der Waals surface area (Å²) in [4.78, 5) is 0. The normalized spacial score (nSPS) is 16.0. The van der Waals surface area contributed by atoms with Gasteiger partial charge in [0.15, 0.2) is 0 Å². The number of phenolic OH excluding ortho intramolecular Hbond substituents is 1. The van der Waals surface area contributed by atoms with Crippen LogP contribution in [0.1, 0.15) is 36.4 Å². The molecule has 2 N–H and O–H groups in total. The fraction of sp³-hybridized carbons (Fsp3) is 0.333. The van der Waals surface area contributed by atoms with Crippen molar-refractivity contribution in [3.63, 3.8) is 0 Å². The lowest BCUT2D eigenvalue weighted by Crippen LogP contribution is -2.23. The van der Waals surface area contributed by atoms with Crippen LogP contribution in [0.2, 0.25) is 0 Å². The molecule has 0 saturated heterocycles. The second kappa shape index (κ2) is 6.10. The zero-order chi connectivity index (χ0) is 13.8. The summed E-state index contributed by atoms with van der Waals surface area (Å²) in [6.07, 6.45) is 4.06. The summed E-state index contributed by atoms with van der Waals surface area (Å²) in [5.41, 5.74) is 2.47. The number of hydrogen-bond acceptors (Lipinski definition) is 2. The molecule has 0 radical (unpaired) electrons. The molecule has 0 amide bonds. The maximum absolute atomic E-state index is 9.45. The molecule has 1 aliphatic rings. The number of benzene rings is 2. The number of rotatable bonds is 6. The summed E-state index contributed by atoms with van der Waals surface area (Å²) in [5.74, 6) is 1.26. The first-order valence-electron chi connectivity index (χ1n) is 7.40. The van der Waals surface area contributed by atoms with E-state index < -0.39 is 0 Å². The van der Waals surface area contributed by atoms with Crippen LogP contribution in [0.15, 0.2) is 54.6 Å². The van der Waals surface area contributed by atoms with Crippen LogP contribution in [0.3, 0.4) is 0 Å². The zero-order valence-electron chi connectivity index (χ0n) is 11.6. The van der Waals surface area contributed by atoms with Gasteiger partial charge in [-0.25, -0.2) is 0 Å². The molecule has 1 fully saturated rings. The Hall–Kier alpha value is -1.80. The Labute approximate surface area is 120 Å². The molecule has 0 bridgehead atoms. The van der Waals surface area contributed by atoms with Gasteiger partial charge >= 0.3 is 0 Å². The van der Waals surface area contributed by atoms with Gasteiger partial charge in [-0.2, -0.15) is 0 Å². The van der Waals surface area contributed by atoms with Gasteiger partial charge in [0.2, 0.25) is 0 Å². The molecule has 0 spiro atoms. The Morgan fingerprint density at radius 3 is 2.25 bits per heavy atom. The highest BCUT2D eigenvalue weighted by molar-refractivity contribution is 5.34. The molecular formula is C18H21NO. The van der Waals surface area contributed by atoms with Gasteiger partial charge in [-0.15, -0.1) is 0 Å². The molecule has 2 heteroatoms. The third-order valence-electron chi connectivity index (χ3n) is 3.96. The minimum absolute atomic E-state index is 0.204. The number of phenols is 1. The van der Waals surface area contributed by atoms with Gasteiger partial charge in [-0.3, -0.25) is 0 Å². The first kappa shape index (κ1) is 13.2. The van der Waals surface area contributed by atoms with E-state index in [1.165, 1.54) is 30.4 Å². The first-order valence-corrected chi connectivity index (χ1v) is 7.40. The van der Waals surface area contributed by atoms with Crippen LogP contribution in [0.25, 0.3) is 0 Å². The van der Waals surface area contributed by atoms with E-state index in [-0.39, 0.29) is 6.04 Å². The number of hydrogen-bond donors (Lipinski definition) is 2. The van der Waals surface area contributed by atoms with Crippen molar-refractivity contribution >= 4 is 0 Å². The van der Waals surface area contributed by atoms with E-state index >= 15 is 0 Å². The molecule has 1 unspecified atom stereocenters.